The number of rotatable bonds is 6. The van der Waals surface area contributed by atoms with Crippen molar-refractivity contribution in [1.29, 1.82) is 0 Å². The highest BCUT2D eigenvalue weighted by molar-refractivity contribution is 5.97. The Bertz CT molecular complexity index is 312. The second-order valence-electron chi connectivity index (χ2n) is 3.04. The molecule has 0 spiro atoms. The van der Waals surface area contributed by atoms with Crippen LogP contribution in [0.5, 0.6) is 5.75 Å². The van der Waals surface area contributed by atoms with Gasteiger partial charge in [-0.1, -0.05) is 0 Å². The molecular weight excluding hydrogens is 196 g/mol. The summed E-state index contributed by atoms with van der Waals surface area (Å²) >= 11 is 0. The second-order valence-corrected chi connectivity index (χ2v) is 3.04. The van der Waals surface area contributed by atoms with Crippen molar-refractivity contribution in [2.75, 3.05) is 20.8 Å². The predicted octanol–water partition coefficient (Wildman–Crippen LogP) is 1.13. The van der Waals surface area contributed by atoms with E-state index in [9.17, 15) is 4.79 Å². The van der Waals surface area contributed by atoms with E-state index in [4.69, 9.17) is 9.47 Å². The Kier molecular flexibility index (Phi) is 4.30. The minimum atomic E-state index is -0.00644. The van der Waals surface area contributed by atoms with Crippen molar-refractivity contribution in [3.8, 4) is 5.75 Å². The number of hydrogen-bond acceptors (Lipinski definition) is 4. The van der Waals surface area contributed by atoms with Crippen molar-refractivity contribution in [2.24, 2.45) is 0 Å². The van der Waals surface area contributed by atoms with Gasteiger partial charge >= 0.3 is 0 Å². The van der Waals surface area contributed by atoms with Gasteiger partial charge in [-0.2, -0.15) is 5.10 Å². The number of nitrogens with zero attached hydrogens (tertiary/aromatic N) is 2. The minimum absolute atomic E-state index is 0.00644. The van der Waals surface area contributed by atoms with Crippen LogP contribution in [-0.4, -0.2) is 36.4 Å². The van der Waals surface area contributed by atoms with Gasteiger partial charge in [-0.3, -0.25) is 9.48 Å². The lowest BCUT2D eigenvalue weighted by atomic mass is 10.2. The zero-order valence-corrected chi connectivity index (χ0v) is 9.32. The molecule has 0 aromatic carbocycles. The first-order valence-corrected chi connectivity index (χ1v) is 4.86. The first-order valence-electron chi connectivity index (χ1n) is 4.86. The van der Waals surface area contributed by atoms with E-state index in [1.54, 1.807) is 18.0 Å². The fourth-order valence-electron chi connectivity index (χ4n) is 1.35. The third-order valence-corrected chi connectivity index (χ3v) is 2.12. The van der Waals surface area contributed by atoms with E-state index < -0.39 is 0 Å². The van der Waals surface area contributed by atoms with Crippen molar-refractivity contribution in [3.05, 3.63) is 11.9 Å². The summed E-state index contributed by atoms with van der Waals surface area (Å²) in [6.45, 7) is 2.99. The SMILES string of the molecule is CCn1ncc(OC)c1C(=O)CCOC. The summed E-state index contributed by atoms with van der Waals surface area (Å²) in [6.07, 6.45) is 1.90. The molecule has 0 radical (unpaired) electrons. The number of ketones is 1. The molecule has 0 unspecified atom stereocenters. The van der Waals surface area contributed by atoms with Crippen LogP contribution in [0, 0.1) is 0 Å². The molecule has 15 heavy (non-hydrogen) atoms. The molecule has 0 aliphatic heterocycles. The van der Waals surface area contributed by atoms with Gasteiger partial charge in [0, 0.05) is 20.1 Å². The lowest BCUT2D eigenvalue weighted by Gasteiger charge is -2.05. The van der Waals surface area contributed by atoms with Crippen LogP contribution in [0.3, 0.4) is 0 Å². The molecule has 1 aromatic heterocycles. The molecule has 0 N–H and O–H groups in total. The number of Topliss-reactive ketones (excluding diaryl/α,β-unsaturated/α-hetero) is 1. The van der Waals surface area contributed by atoms with Crippen LogP contribution in [0.1, 0.15) is 23.8 Å². The lowest BCUT2D eigenvalue weighted by molar-refractivity contribution is 0.0918. The quantitative estimate of drug-likeness (QED) is 0.663. The number of aromatic nitrogens is 2. The van der Waals surface area contributed by atoms with E-state index in [1.807, 2.05) is 6.92 Å². The fraction of sp³-hybridized carbons (Fsp3) is 0.600. The first-order chi connectivity index (χ1) is 7.24. The van der Waals surface area contributed by atoms with E-state index in [0.717, 1.165) is 0 Å². The molecule has 84 valence electrons. The third kappa shape index (κ3) is 2.56. The number of methoxy groups -OCH3 is 2. The summed E-state index contributed by atoms with van der Waals surface area (Å²) in [5.74, 6) is 0.519. The van der Waals surface area contributed by atoms with Crippen LogP contribution in [-0.2, 0) is 11.3 Å². The molecule has 0 atom stereocenters. The van der Waals surface area contributed by atoms with Gasteiger partial charge < -0.3 is 9.47 Å². The molecule has 1 aromatic rings. The Hall–Kier alpha value is -1.36. The number of hydrogen-bond donors (Lipinski definition) is 0. The maximum absolute atomic E-state index is 11.8. The molecule has 5 heteroatoms. The monoisotopic (exact) mass is 212 g/mol. The van der Waals surface area contributed by atoms with Gasteiger partial charge in [0.2, 0.25) is 0 Å². The molecule has 1 heterocycles. The smallest absolute Gasteiger partial charge is 0.186 e. The standard InChI is InChI=1S/C10H16N2O3/c1-4-12-10(8(13)5-6-14-2)9(15-3)7-11-12/h7H,4-6H2,1-3H3. The van der Waals surface area contributed by atoms with Gasteiger partial charge in [-0.15, -0.1) is 0 Å². The molecule has 0 fully saturated rings. The van der Waals surface area contributed by atoms with E-state index in [1.165, 1.54) is 7.11 Å². The van der Waals surface area contributed by atoms with Gasteiger partial charge in [0.15, 0.2) is 11.5 Å². The van der Waals surface area contributed by atoms with Crippen LogP contribution < -0.4 is 4.74 Å². The molecule has 0 aliphatic carbocycles. The highest BCUT2D eigenvalue weighted by Gasteiger charge is 2.17. The fourth-order valence-corrected chi connectivity index (χ4v) is 1.35. The average Bonchev–Trinajstić information content (AvgIpc) is 2.68. The summed E-state index contributed by atoms with van der Waals surface area (Å²) in [4.78, 5) is 11.8. The van der Waals surface area contributed by atoms with E-state index >= 15 is 0 Å². The highest BCUT2D eigenvalue weighted by Crippen LogP contribution is 2.19. The van der Waals surface area contributed by atoms with Crippen LogP contribution in [0.15, 0.2) is 6.20 Å². The second kappa shape index (κ2) is 5.50. The topological polar surface area (TPSA) is 53.4 Å². The third-order valence-electron chi connectivity index (χ3n) is 2.12. The Balaban J connectivity index is 2.88. The number of carbonyl (C=O) groups is 1. The zero-order valence-electron chi connectivity index (χ0n) is 9.32. The molecule has 1 rings (SSSR count). The van der Waals surface area contributed by atoms with Crippen molar-refractivity contribution in [3.63, 3.8) is 0 Å². The summed E-state index contributed by atoms with van der Waals surface area (Å²) in [5, 5.41) is 4.06. The zero-order chi connectivity index (χ0) is 11.3. The summed E-state index contributed by atoms with van der Waals surface area (Å²) < 4.78 is 11.6. The summed E-state index contributed by atoms with van der Waals surface area (Å²) in [5.41, 5.74) is 0.525. The molecule has 5 nitrogen and oxygen atoms in total. The highest BCUT2D eigenvalue weighted by atomic mass is 16.5. The van der Waals surface area contributed by atoms with Crippen LogP contribution in [0.4, 0.5) is 0 Å². The van der Waals surface area contributed by atoms with Crippen molar-refractivity contribution in [1.82, 2.24) is 9.78 Å². The Morgan fingerprint density at radius 2 is 2.27 bits per heavy atom. The van der Waals surface area contributed by atoms with Crippen LogP contribution in [0.2, 0.25) is 0 Å². The predicted molar refractivity (Wildman–Crippen MR) is 55.3 cm³/mol. The molecular formula is C10H16N2O3. The Morgan fingerprint density at radius 3 is 2.80 bits per heavy atom. The molecule has 0 amide bonds. The maximum Gasteiger partial charge on any atom is 0.186 e. The Morgan fingerprint density at radius 1 is 1.53 bits per heavy atom. The largest absolute Gasteiger partial charge is 0.493 e. The van der Waals surface area contributed by atoms with Crippen molar-refractivity contribution < 1.29 is 14.3 Å². The Labute approximate surface area is 89.0 Å². The van der Waals surface area contributed by atoms with Gasteiger partial charge in [0.25, 0.3) is 0 Å². The van der Waals surface area contributed by atoms with Gasteiger partial charge in [0.05, 0.1) is 19.9 Å². The minimum Gasteiger partial charge on any atom is -0.493 e. The summed E-state index contributed by atoms with van der Waals surface area (Å²) in [6, 6.07) is 0. The van der Waals surface area contributed by atoms with Crippen LogP contribution >= 0.6 is 0 Å². The lowest BCUT2D eigenvalue weighted by Crippen LogP contribution is -2.12. The van der Waals surface area contributed by atoms with E-state index in [0.29, 0.717) is 31.0 Å². The van der Waals surface area contributed by atoms with Gasteiger partial charge in [0.1, 0.15) is 5.69 Å². The maximum atomic E-state index is 11.8. The van der Waals surface area contributed by atoms with Crippen LogP contribution in [0.25, 0.3) is 0 Å². The molecule has 0 aliphatic rings. The molecule has 0 saturated heterocycles. The molecule has 0 saturated carbocycles. The number of ether oxygens (including phenoxy) is 2. The molecule has 0 bridgehead atoms. The van der Waals surface area contributed by atoms with E-state index in [-0.39, 0.29) is 5.78 Å². The van der Waals surface area contributed by atoms with E-state index in [2.05, 4.69) is 5.10 Å². The normalized spacial score (nSPS) is 10.3. The van der Waals surface area contributed by atoms with Crippen molar-refractivity contribution in [2.45, 2.75) is 19.9 Å². The van der Waals surface area contributed by atoms with Crippen molar-refractivity contribution >= 4 is 5.78 Å². The summed E-state index contributed by atoms with van der Waals surface area (Å²) in [7, 11) is 3.10. The van der Waals surface area contributed by atoms with Gasteiger partial charge in [-0.05, 0) is 6.92 Å². The van der Waals surface area contributed by atoms with Gasteiger partial charge in [-0.25, -0.2) is 0 Å². The first kappa shape index (κ1) is 11.7. The average molecular weight is 212 g/mol. The number of carbonyl (C=O) groups excluding carboxylic acids is 1. The number of aryl methyl sites for hydroxylation is 1.